The molecule has 0 fully saturated rings. The van der Waals surface area contributed by atoms with E-state index in [0.29, 0.717) is 13.1 Å². The van der Waals surface area contributed by atoms with Crippen LogP contribution in [0.3, 0.4) is 0 Å². The van der Waals surface area contributed by atoms with Crippen molar-refractivity contribution >= 4 is 30.0 Å². The van der Waals surface area contributed by atoms with Crippen LogP contribution < -0.4 is 195 Å². The largest absolute Gasteiger partial charge is 1.00 e. The summed E-state index contributed by atoms with van der Waals surface area (Å²) in [7, 11) is 7.39. The number of nitrogens with zero attached hydrogens (tertiary/aromatic N) is 5. The van der Waals surface area contributed by atoms with Gasteiger partial charge in [-0.05, 0) is 118 Å². The average Bonchev–Trinajstić information content (AvgIpc) is 1.04. The molecule has 652 valence electrons. The Morgan fingerprint density at radius 3 is 0.580 bits per heavy atom. The van der Waals surface area contributed by atoms with Gasteiger partial charge in [0.15, 0.2) is 0 Å². The summed E-state index contributed by atoms with van der Waals surface area (Å²) in [5.41, 5.74) is 0. The van der Waals surface area contributed by atoms with E-state index in [9.17, 15) is 49.5 Å². The van der Waals surface area contributed by atoms with Gasteiger partial charge in [-0.2, -0.15) is 0 Å². The van der Waals surface area contributed by atoms with Crippen molar-refractivity contribution in [3.63, 3.8) is 0 Å². The predicted molar refractivity (Wildman–Crippen MR) is 461 cm³/mol. The number of unbranched alkanes of at least 4 members (excludes halogenated alkanes) is 54. The zero-order chi connectivity index (χ0) is 76.7. The Morgan fingerprint density at radius 1 is 0.214 bits per heavy atom. The van der Waals surface area contributed by atoms with Crippen LogP contribution in [-0.4, -0.2) is 148 Å². The number of carbonyl (C=O) groups excluding carboxylic acids is 5. The van der Waals surface area contributed by atoms with Crippen LogP contribution in [-0.2, 0) is 19.2 Å². The van der Waals surface area contributed by atoms with Crippen LogP contribution in [0, 0.1) is 0 Å². The van der Waals surface area contributed by atoms with E-state index in [0.717, 1.165) is 77.8 Å². The van der Waals surface area contributed by atoms with Gasteiger partial charge in [-0.3, -0.25) is 0 Å². The second-order valence-corrected chi connectivity index (χ2v) is 30.3. The summed E-state index contributed by atoms with van der Waals surface area (Å²) in [6, 6.07) is 0. The number of likely N-dealkylation sites (N-methyl/N-ethyl adjacent to an activating group) is 2. The quantitative estimate of drug-likeness (QED) is 0.0452. The summed E-state index contributed by atoms with van der Waals surface area (Å²) in [5, 5.41) is 51.9. The van der Waals surface area contributed by atoms with Crippen molar-refractivity contribution in [1.29, 1.82) is 0 Å². The fourth-order valence-electron chi connectivity index (χ4n) is 12.8. The molecule has 0 aliphatic heterocycles. The van der Waals surface area contributed by atoms with Gasteiger partial charge < -0.3 is 74.0 Å². The van der Waals surface area contributed by atoms with Crippen molar-refractivity contribution in [2.75, 3.05) is 93.6 Å². The van der Waals surface area contributed by atoms with Gasteiger partial charge in [-0.25, -0.2) is 0 Å². The van der Waals surface area contributed by atoms with Crippen LogP contribution in [0.25, 0.3) is 0 Å². The van der Waals surface area contributed by atoms with E-state index in [2.05, 4.69) is 58.4 Å². The van der Waals surface area contributed by atoms with Gasteiger partial charge in [0.25, 0.3) is 0 Å². The van der Waals surface area contributed by atoms with Crippen LogP contribution in [0.5, 0.6) is 0 Å². The summed E-state index contributed by atoms with van der Waals surface area (Å²) in [6.07, 6.45) is 78.9. The van der Waals surface area contributed by atoms with Crippen LogP contribution in [0.2, 0.25) is 0 Å². The third kappa shape index (κ3) is 150. The van der Waals surface area contributed by atoms with Crippen molar-refractivity contribution in [3.8, 4) is 0 Å². The predicted octanol–water partition coefficient (Wildman–Crippen LogP) is 6.81. The summed E-state index contributed by atoms with van der Waals surface area (Å²) in [5.74, 6) is -3.82. The summed E-state index contributed by atoms with van der Waals surface area (Å²) in [6.45, 7) is 20.6. The van der Waals surface area contributed by atoms with Crippen LogP contribution in [0.4, 0.5) is 4.79 Å². The first-order valence-electron chi connectivity index (χ1n) is 43.9. The Kier molecular flexibility index (Phi) is 175. The Morgan fingerprint density at radius 2 is 0.393 bits per heavy atom. The number of carbonyl (C=O) groups is 5. The van der Waals surface area contributed by atoms with Gasteiger partial charge in [-0.1, -0.05) is 419 Å². The maximum absolute atomic E-state index is 10.5. The Hall–Kier alpha value is 2.63. The summed E-state index contributed by atoms with van der Waals surface area (Å²) < 4.78 is 0. The molecule has 0 aliphatic carbocycles. The molecular weight excluding hydrogens is 1470 g/mol. The molecule has 15 nitrogen and oxygen atoms in total. The molecule has 0 bridgehead atoms. The zero-order valence-corrected chi connectivity index (χ0v) is 85.9. The second kappa shape index (κ2) is 132. The molecule has 0 aromatic rings. The smallest absolute Gasteiger partial charge is 0.550 e. The van der Waals surface area contributed by atoms with Crippen LogP contribution >= 0.6 is 0 Å². The fraction of sp³-hybridized carbons (Fsp3) is 0.946. The maximum atomic E-state index is 10.5. The van der Waals surface area contributed by atoms with Gasteiger partial charge >= 0.3 is 170 Å². The van der Waals surface area contributed by atoms with E-state index in [1.807, 2.05) is 23.9 Å². The maximum Gasteiger partial charge on any atom is 1.00 e. The van der Waals surface area contributed by atoms with Gasteiger partial charge in [0.05, 0.1) is 11.9 Å². The van der Waals surface area contributed by atoms with Crippen molar-refractivity contribution < 1.29 is 219 Å². The molecule has 0 aliphatic rings. The molecule has 112 heavy (non-hydrogen) atoms. The van der Waals surface area contributed by atoms with Gasteiger partial charge in [-0.15, -0.1) is 0 Å². The monoisotopic (exact) mass is 1660 g/mol. The number of carboxylic acid groups (broad SMARTS) is 5. The molecule has 0 aromatic heterocycles. The zero-order valence-electron chi connectivity index (χ0n) is 74.7. The standard InChI is InChI=1S/C21H43NO2.C19H39NO2.C18H37NO2.C15H31NO2.C14H29NO2.5CH4.K.4Na/c1-3-5-6-7-8-9-10-11-12-13-14-15-16-17-19-22(4-2)20-18-21(23)24;1-3-4-5-6-7-8-9-10-11-12-13-14-15-16-17-20(2)18-19(21)22;1-3-4-5-6-7-8-9-10-11-13-16-19(2)17-14-12-15-18(20)21;1-3-4-5-6-7-8-9-10-11-12-13-16(2)14-15(17)18;1-3-4-5-6-7-8-9-10-11-12-13-15(2)14(16)17;;;;;;;;;;/h3-20H2,1-2H3,(H,23,24);3-18H2,1-2H3,(H,21,22);3-17H2,1-2H3,(H,20,21);3-14H2,1-2H3,(H,17,18);3-13H2,1-2H3,(H,16,17);5*1H4;;;;;/q;;;;;;;;;;5*+1/p-5. The number of amides is 1. The SMILES string of the molecule is C.C.C.C.C.CCCCCCCCCCCCCCCCN(C)CC(=O)[O-].CCCCCCCCCCCCCCCCN(CC)CCC(=O)[O-].CCCCCCCCCCCCN(C)C(=O)[O-].CCCCCCCCCCCCN(C)CC(=O)[O-].CCCCCCCCCCCCN(C)CCCCC(=O)[O-].[K+].[Na+].[Na+].[Na+].[Na+]. The third-order valence-corrected chi connectivity index (χ3v) is 19.7. The van der Waals surface area contributed by atoms with E-state index in [1.54, 1.807) is 7.05 Å². The minimum absolute atomic E-state index is 0. The van der Waals surface area contributed by atoms with Crippen LogP contribution in [0.1, 0.15) is 477 Å². The van der Waals surface area contributed by atoms with Crippen LogP contribution in [0.15, 0.2) is 0 Å². The van der Waals surface area contributed by atoms with E-state index < -0.39 is 30.0 Å². The number of carboxylic acids is 4. The minimum Gasteiger partial charge on any atom is -0.550 e. The number of hydrogen-bond acceptors (Lipinski definition) is 14. The molecule has 0 radical (unpaired) electrons. The molecule has 0 aromatic carbocycles. The van der Waals surface area contributed by atoms with Crippen molar-refractivity contribution in [1.82, 2.24) is 24.5 Å². The Bertz CT molecular complexity index is 1700. The van der Waals surface area contributed by atoms with E-state index in [-0.39, 0.29) is 233 Å². The third-order valence-electron chi connectivity index (χ3n) is 19.7. The summed E-state index contributed by atoms with van der Waals surface area (Å²) in [4.78, 5) is 61.4. The van der Waals surface area contributed by atoms with E-state index in [1.165, 1.54) is 352 Å². The number of aliphatic carboxylic acids is 4. The first-order chi connectivity index (χ1) is 49.4. The molecule has 0 saturated carbocycles. The molecule has 20 heteroatoms. The number of hydrogen-bond donors (Lipinski definition) is 0. The molecule has 0 N–H and O–H groups in total. The first kappa shape index (κ1) is 149. The first-order valence-corrected chi connectivity index (χ1v) is 43.9. The second-order valence-electron chi connectivity index (χ2n) is 30.3. The normalized spacial score (nSPS) is 10.1. The summed E-state index contributed by atoms with van der Waals surface area (Å²) >= 11 is 0. The van der Waals surface area contributed by atoms with Gasteiger partial charge in [0.2, 0.25) is 0 Å². The van der Waals surface area contributed by atoms with E-state index >= 15 is 0 Å². The molecule has 0 saturated heterocycles. The molecule has 0 rings (SSSR count). The van der Waals surface area contributed by atoms with Crippen molar-refractivity contribution in [2.24, 2.45) is 0 Å². The Labute approximate surface area is 833 Å². The van der Waals surface area contributed by atoms with Crippen molar-refractivity contribution in [3.05, 3.63) is 0 Å². The fourth-order valence-corrected chi connectivity index (χ4v) is 12.8. The van der Waals surface area contributed by atoms with E-state index in [4.69, 9.17) is 0 Å². The Balaban J connectivity index is -0.0000000794. The minimum atomic E-state index is -1.07. The molecule has 0 atom stereocenters. The van der Waals surface area contributed by atoms with Gasteiger partial charge in [0.1, 0.15) is 6.09 Å². The average molecular weight is 1660 g/mol. The molecule has 0 unspecified atom stereocenters. The van der Waals surface area contributed by atoms with Crippen molar-refractivity contribution in [2.45, 2.75) is 477 Å². The van der Waals surface area contributed by atoms with Gasteiger partial charge in [0, 0.05) is 45.2 Å². The molecule has 0 heterocycles. The molecule has 1 amide bonds. The topological polar surface area (TPSA) is 217 Å². The molecular formula is C92H194KN5Na4O10. The molecule has 0 spiro atoms. The number of rotatable bonds is 76.